The summed E-state index contributed by atoms with van der Waals surface area (Å²) in [6.07, 6.45) is 1.26. The summed E-state index contributed by atoms with van der Waals surface area (Å²) >= 11 is 1.04. The molecule has 0 aliphatic carbocycles. The summed E-state index contributed by atoms with van der Waals surface area (Å²) < 4.78 is 31.8. The second-order valence-corrected chi connectivity index (χ2v) is 7.79. The smallest absolute Gasteiger partial charge is 0.313 e. The molecule has 2 heterocycles. The Kier molecular flexibility index (Phi) is 3.65. The normalized spacial score (nSPS) is 27.6. The molecule has 0 amide bonds. The Hall–Kier alpha value is -1.03. The van der Waals surface area contributed by atoms with Gasteiger partial charge in [-0.25, -0.2) is 18.1 Å². The van der Waals surface area contributed by atoms with Crippen LogP contribution in [-0.4, -0.2) is 43.7 Å². The lowest BCUT2D eigenvalue weighted by Crippen LogP contribution is -2.49. The molecule has 1 saturated heterocycles. The molecule has 2 N–H and O–H groups in total. The van der Waals surface area contributed by atoms with Crippen LogP contribution in [0.3, 0.4) is 0 Å². The van der Waals surface area contributed by atoms with Gasteiger partial charge >= 0.3 is 5.97 Å². The molecular weight excluding hydrogens is 292 g/mol. The minimum absolute atomic E-state index is 0.0166. The summed E-state index contributed by atoms with van der Waals surface area (Å²) in [5.41, 5.74) is -1.26. The molecule has 2 rings (SSSR count). The van der Waals surface area contributed by atoms with Crippen LogP contribution in [0.25, 0.3) is 0 Å². The van der Waals surface area contributed by atoms with E-state index in [0.29, 0.717) is 5.01 Å². The minimum Gasteiger partial charge on any atom is -0.481 e. The molecule has 1 fully saturated rings. The van der Waals surface area contributed by atoms with E-state index in [1.54, 1.807) is 6.92 Å². The number of rotatable bonds is 4. The van der Waals surface area contributed by atoms with Crippen molar-refractivity contribution in [2.24, 2.45) is 5.41 Å². The number of aryl methyl sites for hydroxylation is 1. The van der Waals surface area contributed by atoms with Gasteiger partial charge in [0.25, 0.3) is 10.0 Å². The fourth-order valence-electron chi connectivity index (χ4n) is 1.76. The number of carboxylic acid groups (broad SMARTS) is 1. The molecule has 1 aliphatic heterocycles. The first kappa shape index (κ1) is 14.4. The molecule has 0 radical (unpaired) electrons. The lowest BCUT2D eigenvalue weighted by Gasteiger charge is -2.24. The van der Waals surface area contributed by atoms with Crippen molar-refractivity contribution in [3.05, 3.63) is 11.2 Å². The van der Waals surface area contributed by atoms with Crippen LogP contribution in [-0.2, 0) is 19.6 Å². The monoisotopic (exact) mass is 306 g/mol. The van der Waals surface area contributed by atoms with E-state index < -0.39 is 27.4 Å². The maximum absolute atomic E-state index is 12.1. The molecule has 0 bridgehead atoms. The number of carboxylic acids is 1. The maximum atomic E-state index is 12.1. The van der Waals surface area contributed by atoms with E-state index in [4.69, 9.17) is 4.74 Å². The van der Waals surface area contributed by atoms with E-state index in [1.807, 2.05) is 0 Å². The third-order valence-corrected chi connectivity index (χ3v) is 5.95. The number of carbonyl (C=O) groups is 1. The highest BCUT2D eigenvalue weighted by Crippen LogP contribution is 2.30. The predicted molar refractivity (Wildman–Crippen MR) is 67.5 cm³/mol. The van der Waals surface area contributed by atoms with Crippen LogP contribution in [0.15, 0.2) is 10.4 Å². The van der Waals surface area contributed by atoms with Crippen LogP contribution in [0.2, 0.25) is 0 Å². The Balaban J connectivity index is 2.23. The number of thiazole rings is 1. The Labute approximate surface area is 114 Å². The number of ether oxygens (including phenoxy) is 1. The maximum Gasteiger partial charge on any atom is 0.313 e. The molecule has 2 atom stereocenters. The second-order valence-electron chi connectivity index (χ2n) is 4.61. The van der Waals surface area contributed by atoms with Crippen molar-refractivity contribution in [3.8, 4) is 0 Å². The number of sulfonamides is 1. The van der Waals surface area contributed by atoms with Gasteiger partial charge in [-0.05, 0) is 13.8 Å². The summed E-state index contributed by atoms with van der Waals surface area (Å²) in [5, 5.41) is 9.82. The predicted octanol–water partition coefficient (Wildman–Crippen LogP) is 0.220. The Morgan fingerprint density at radius 1 is 1.68 bits per heavy atom. The van der Waals surface area contributed by atoms with Gasteiger partial charge in [0.05, 0.1) is 30.5 Å². The molecular formula is C10H14N2O5S2. The molecule has 0 saturated carbocycles. The quantitative estimate of drug-likeness (QED) is 0.824. The van der Waals surface area contributed by atoms with E-state index in [-0.39, 0.29) is 17.4 Å². The topological polar surface area (TPSA) is 106 Å². The molecule has 0 spiro atoms. The molecule has 106 valence electrons. The number of nitrogens with zero attached hydrogens (tertiary/aromatic N) is 1. The highest BCUT2D eigenvalue weighted by Gasteiger charge is 2.48. The highest BCUT2D eigenvalue weighted by molar-refractivity contribution is 7.91. The Morgan fingerprint density at radius 2 is 2.37 bits per heavy atom. The molecule has 1 aromatic heterocycles. The molecule has 7 nitrogen and oxygen atoms in total. The van der Waals surface area contributed by atoms with Crippen molar-refractivity contribution in [2.45, 2.75) is 24.1 Å². The van der Waals surface area contributed by atoms with Gasteiger partial charge in [-0.1, -0.05) is 0 Å². The van der Waals surface area contributed by atoms with Gasteiger partial charge in [-0.2, -0.15) is 0 Å². The lowest BCUT2D eigenvalue weighted by molar-refractivity contribution is -0.148. The third-order valence-electron chi connectivity index (χ3n) is 3.11. The van der Waals surface area contributed by atoms with E-state index in [9.17, 15) is 18.3 Å². The average Bonchev–Trinajstić information content (AvgIpc) is 2.87. The van der Waals surface area contributed by atoms with Crippen molar-refractivity contribution < 1.29 is 23.1 Å². The van der Waals surface area contributed by atoms with Gasteiger partial charge in [0.15, 0.2) is 4.21 Å². The van der Waals surface area contributed by atoms with Gasteiger partial charge < -0.3 is 9.84 Å². The molecule has 9 heteroatoms. The van der Waals surface area contributed by atoms with E-state index in [2.05, 4.69) is 9.71 Å². The number of nitrogens with one attached hydrogen (secondary N) is 1. The fourth-order valence-corrected chi connectivity index (χ4v) is 4.22. The van der Waals surface area contributed by atoms with Crippen molar-refractivity contribution >= 4 is 27.3 Å². The van der Waals surface area contributed by atoms with E-state index in [0.717, 1.165) is 11.3 Å². The Bertz CT molecular complexity index is 597. The van der Waals surface area contributed by atoms with Crippen molar-refractivity contribution in [2.75, 3.05) is 13.2 Å². The zero-order chi connectivity index (χ0) is 14.3. The van der Waals surface area contributed by atoms with Gasteiger partial charge in [-0.15, -0.1) is 11.3 Å². The molecule has 0 aromatic carbocycles. The zero-order valence-corrected chi connectivity index (χ0v) is 12.0. The number of aliphatic carboxylic acids is 1. The minimum atomic E-state index is -3.76. The number of hydrogen-bond acceptors (Lipinski definition) is 6. The van der Waals surface area contributed by atoms with Gasteiger partial charge in [-0.3, -0.25) is 4.79 Å². The standard InChI is InChI=1S/C10H14N2O5S2/c1-6-11-3-8(18-6)19(15,16)12-7-4-17-5-10(7,2)9(13)14/h3,7,12H,4-5H2,1-2H3,(H,13,14). The van der Waals surface area contributed by atoms with Crippen LogP contribution < -0.4 is 4.72 Å². The van der Waals surface area contributed by atoms with Gasteiger partial charge in [0, 0.05) is 0 Å². The van der Waals surface area contributed by atoms with Crippen LogP contribution >= 0.6 is 11.3 Å². The van der Waals surface area contributed by atoms with Crippen molar-refractivity contribution in [1.82, 2.24) is 9.71 Å². The fraction of sp³-hybridized carbons (Fsp3) is 0.600. The summed E-state index contributed by atoms with van der Waals surface area (Å²) in [6.45, 7) is 3.19. The first-order valence-corrected chi connectivity index (χ1v) is 7.81. The van der Waals surface area contributed by atoms with E-state index >= 15 is 0 Å². The molecule has 1 aliphatic rings. The average molecular weight is 306 g/mol. The lowest BCUT2D eigenvalue weighted by atomic mass is 9.86. The van der Waals surface area contributed by atoms with Crippen LogP contribution in [0.1, 0.15) is 11.9 Å². The van der Waals surface area contributed by atoms with Gasteiger partial charge in [0.1, 0.15) is 5.41 Å². The summed E-state index contributed by atoms with van der Waals surface area (Å²) in [6, 6.07) is -0.794. The van der Waals surface area contributed by atoms with Crippen molar-refractivity contribution in [3.63, 3.8) is 0 Å². The molecule has 2 unspecified atom stereocenters. The number of aromatic nitrogens is 1. The Morgan fingerprint density at radius 3 is 2.89 bits per heavy atom. The third kappa shape index (κ3) is 2.64. The van der Waals surface area contributed by atoms with Crippen LogP contribution in [0.5, 0.6) is 0 Å². The molecule has 1 aromatic rings. The summed E-state index contributed by atoms with van der Waals surface area (Å²) in [7, 11) is -3.76. The highest BCUT2D eigenvalue weighted by atomic mass is 32.2. The van der Waals surface area contributed by atoms with Crippen LogP contribution in [0.4, 0.5) is 0 Å². The number of hydrogen-bond donors (Lipinski definition) is 2. The zero-order valence-electron chi connectivity index (χ0n) is 10.4. The van der Waals surface area contributed by atoms with E-state index in [1.165, 1.54) is 13.1 Å². The largest absolute Gasteiger partial charge is 0.481 e. The van der Waals surface area contributed by atoms with Gasteiger partial charge in [0.2, 0.25) is 0 Å². The second kappa shape index (κ2) is 4.82. The van der Waals surface area contributed by atoms with Crippen LogP contribution in [0, 0.1) is 12.3 Å². The van der Waals surface area contributed by atoms with Crippen molar-refractivity contribution in [1.29, 1.82) is 0 Å². The summed E-state index contributed by atoms with van der Waals surface area (Å²) in [5.74, 6) is -1.09. The first-order chi connectivity index (χ1) is 8.75. The summed E-state index contributed by atoms with van der Waals surface area (Å²) in [4.78, 5) is 15.1. The first-order valence-electron chi connectivity index (χ1n) is 5.51. The SMILES string of the molecule is Cc1ncc(S(=O)(=O)NC2COCC2(C)C(=O)O)s1. The molecule has 19 heavy (non-hydrogen) atoms.